The van der Waals surface area contributed by atoms with Crippen LogP contribution in [0.25, 0.3) is 6.08 Å². The maximum absolute atomic E-state index is 13.3. The molecule has 23 heavy (non-hydrogen) atoms. The van der Waals surface area contributed by atoms with E-state index in [0.717, 1.165) is 0 Å². The third-order valence-corrected chi connectivity index (χ3v) is 3.01. The highest BCUT2D eigenvalue weighted by Gasteiger charge is 2.11. The number of halogens is 1. The van der Waals surface area contributed by atoms with Gasteiger partial charge in [0.05, 0.1) is 19.3 Å². The van der Waals surface area contributed by atoms with Gasteiger partial charge in [-0.3, -0.25) is 9.78 Å². The Hall–Kier alpha value is -3.20. The van der Waals surface area contributed by atoms with Crippen LogP contribution >= 0.6 is 0 Å². The molecule has 0 aliphatic carbocycles. The van der Waals surface area contributed by atoms with E-state index in [1.165, 1.54) is 31.4 Å². The van der Waals surface area contributed by atoms with Crippen molar-refractivity contribution >= 4 is 12.0 Å². The van der Waals surface area contributed by atoms with Crippen LogP contribution in [0.3, 0.4) is 0 Å². The number of benzene rings is 1. The van der Waals surface area contributed by atoms with Crippen LogP contribution in [0, 0.1) is 17.1 Å². The van der Waals surface area contributed by atoms with Crippen molar-refractivity contribution in [3.63, 3.8) is 0 Å². The molecule has 0 unspecified atom stereocenters. The maximum atomic E-state index is 13.3. The number of carbonyl (C=O) groups excluding carboxylic acids is 1. The molecule has 1 aromatic heterocycles. The van der Waals surface area contributed by atoms with Crippen molar-refractivity contribution in [1.29, 1.82) is 5.26 Å². The Labute approximate surface area is 133 Å². The van der Waals surface area contributed by atoms with Crippen LogP contribution in [-0.2, 0) is 11.3 Å². The van der Waals surface area contributed by atoms with E-state index in [-0.39, 0.29) is 12.1 Å². The number of nitriles is 1. The summed E-state index contributed by atoms with van der Waals surface area (Å²) in [6.45, 7) is 0.193. The van der Waals surface area contributed by atoms with Crippen LogP contribution in [0.4, 0.5) is 4.39 Å². The van der Waals surface area contributed by atoms with Gasteiger partial charge >= 0.3 is 0 Å². The van der Waals surface area contributed by atoms with Gasteiger partial charge < -0.3 is 10.1 Å². The number of hydrogen-bond donors (Lipinski definition) is 1. The molecule has 0 aliphatic heterocycles. The zero-order valence-corrected chi connectivity index (χ0v) is 12.4. The van der Waals surface area contributed by atoms with Crippen molar-refractivity contribution < 1.29 is 13.9 Å². The molecule has 0 spiro atoms. The second kappa shape index (κ2) is 7.71. The predicted molar refractivity (Wildman–Crippen MR) is 82.6 cm³/mol. The molecule has 116 valence electrons. The fraction of sp³-hybridized carbons (Fsp3) is 0.118. The van der Waals surface area contributed by atoms with Crippen LogP contribution in [-0.4, -0.2) is 18.0 Å². The fourth-order valence-electron chi connectivity index (χ4n) is 1.89. The molecule has 0 fully saturated rings. The lowest BCUT2D eigenvalue weighted by atomic mass is 10.1. The van der Waals surface area contributed by atoms with E-state index in [1.54, 1.807) is 24.4 Å². The Morgan fingerprint density at radius 2 is 2.26 bits per heavy atom. The first-order valence-corrected chi connectivity index (χ1v) is 6.77. The van der Waals surface area contributed by atoms with Gasteiger partial charge in [0.1, 0.15) is 23.2 Å². The van der Waals surface area contributed by atoms with Crippen LogP contribution in [0.1, 0.15) is 11.3 Å². The SMILES string of the molecule is COc1ccc(F)cc1/C=C(\C#N)C(=O)NCc1ccccn1. The minimum atomic E-state index is -0.565. The first-order valence-electron chi connectivity index (χ1n) is 6.77. The lowest BCUT2D eigenvalue weighted by Gasteiger charge is -2.06. The molecular weight excluding hydrogens is 297 g/mol. The first kappa shape index (κ1) is 16.2. The van der Waals surface area contributed by atoms with Gasteiger partial charge in [-0.15, -0.1) is 0 Å². The molecule has 2 aromatic rings. The molecule has 5 nitrogen and oxygen atoms in total. The Balaban J connectivity index is 2.17. The second-order valence-electron chi connectivity index (χ2n) is 4.56. The smallest absolute Gasteiger partial charge is 0.262 e. The van der Waals surface area contributed by atoms with Crippen LogP contribution in [0.5, 0.6) is 5.75 Å². The Morgan fingerprint density at radius 1 is 1.43 bits per heavy atom. The van der Waals surface area contributed by atoms with Crippen molar-refractivity contribution in [2.45, 2.75) is 6.54 Å². The summed E-state index contributed by atoms with van der Waals surface area (Å²) in [5.41, 5.74) is 0.836. The summed E-state index contributed by atoms with van der Waals surface area (Å²) in [5.74, 6) is -0.677. The van der Waals surface area contributed by atoms with E-state index in [0.29, 0.717) is 17.0 Å². The number of methoxy groups -OCH3 is 1. The number of aromatic nitrogens is 1. The molecule has 1 amide bonds. The summed E-state index contributed by atoms with van der Waals surface area (Å²) in [5, 5.41) is 11.8. The molecule has 6 heteroatoms. The number of pyridine rings is 1. The summed E-state index contributed by atoms with van der Waals surface area (Å²) < 4.78 is 18.4. The minimum Gasteiger partial charge on any atom is -0.496 e. The van der Waals surface area contributed by atoms with E-state index >= 15 is 0 Å². The highest BCUT2D eigenvalue weighted by atomic mass is 19.1. The molecule has 0 radical (unpaired) electrons. The summed E-state index contributed by atoms with van der Waals surface area (Å²) in [7, 11) is 1.43. The largest absolute Gasteiger partial charge is 0.496 e. The van der Waals surface area contributed by atoms with E-state index in [1.807, 2.05) is 6.07 Å². The quantitative estimate of drug-likeness (QED) is 0.680. The number of hydrogen-bond acceptors (Lipinski definition) is 4. The average molecular weight is 311 g/mol. The summed E-state index contributed by atoms with van der Waals surface area (Å²) in [6, 6.07) is 11.0. The van der Waals surface area contributed by atoms with Crippen molar-refractivity contribution in [3.8, 4) is 11.8 Å². The molecule has 0 bridgehead atoms. The molecule has 1 heterocycles. The Morgan fingerprint density at radius 3 is 2.91 bits per heavy atom. The van der Waals surface area contributed by atoms with Crippen molar-refractivity contribution in [3.05, 3.63) is 65.2 Å². The summed E-state index contributed by atoms with van der Waals surface area (Å²) in [6.07, 6.45) is 2.90. The van der Waals surface area contributed by atoms with E-state index in [2.05, 4.69) is 10.3 Å². The normalized spacial score (nSPS) is 10.7. The molecule has 1 N–H and O–H groups in total. The molecule has 0 aliphatic rings. The van der Waals surface area contributed by atoms with Crippen LogP contribution in [0.15, 0.2) is 48.2 Å². The number of nitrogens with zero attached hydrogens (tertiary/aromatic N) is 2. The van der Waals surface area contributed by atoms with Gasteiger partial charge in [-0.05, 0) is 36.4 Å². The van der Waals surface area contributed by atoms with Crippen LogP contribution < -0.4 is 10.1 Å². The van der Waals surface area contributed by atoms with Gasteiger partial charge in [0.2, 0.25) is 0 Å². The standard InChI is InChI=1S/C17H14FN3O2/c1-23-16-6-5-14(18)9-12(16)8-13(10-19)17(22)21-11-15-4-2-3-7-20-15/h2-9H,11H2,1H3,(H,21,22)/b13-8+. The molecular formula is C17H14FN3O2. The lowest BCUT2D eigenvalue weighted by Crippen LogP contribution is -2.24. The van der Waals surface area contributed by atoms with Crippen LogP contribution in [0.2, 0.25) is 0 Å². The topological polar surface area (TPSA) is 75.0 Å². The van der Waals surface area contributed by atoms with E-state index in [9.17, 15) is 9.18 Å². The highest BCUT2D eigenvalue weighted by Crippen LogP contribution is 2.22. The van der Waals surface area contributed by atoms with Gasteiger partial charge in [0.15, 0.2) is 0 Å². The van der Waals surface area contributed by atoms with Gasteiger partial charge in [-0.1, -0.05) is 6.07 Å². The monoisotopic (exact) mass is 311 g/mol. The summed E-state index contributed by atoms with van der Waals surface area (Å²) >= 11 is 0. The molecule has 0 saturated carbocycles. The first-order chi connectivity index (χ1) is 11.1. The van der Waals surface area contributed by atoms with Gasteiger partial charge in [0, 0.05) is 11.8 Å². The minimum absolute atomic E-state index is 0.148. The van der Waals surface area contributed by atoms with Crippen molar-refractivity contribution in [2.75, 3.05) is 7.11 Å². The van der Waals surface area contributed by atoms with E-state index in [4.69, 9.17) is 10.00 Å². The number of ether oxygens (including phenoxy) is 1. The molecule has 1 aromatic carbocycles. The zero-order valence-electron chi connectivity index (χ0n) is 12.4. The summed E-state index contributed by atoms with van der Waals surface area (Å²) in [4.78, 5) is 16.1. The van der Waals surface area contributed by atoms with Gasteiger partial charge in [-0.25, -0.2) is 4.39 Å². The van der Waals surface area contributed by atoms with Gasteiger partial charge in [-0.2, -0.15) is 5.26 Å². The van der Waals surface area contributed by atoms with Crippen molar-refractivity contribution in [1.82, 2.24) is 10.3 Å². The molecule has 0 atom stereocenters. The Kier molecular flexibility index (Phi) is 5.42. The van der Waals surface area contributed by atoms with Crippen molar-refractivity contribution in [2.24, 2.45) is 0 Å². The second-order valence-corrected chi connectivity index (χ2v) is 4.56. The average Bonchev–Trinajstić information content (AvgIpc) is 2.58. The number of nitrogens with one attached hydrogen (secondary N) is 1. The third kappa shape index (κ3) is 4.38. The maximum Gasteiger partial charge on any atom is 0.262 e. The fourth-order valence-corrected chi connectivity index (χ4v) is 1.89. The number of rotatable bonds is 5. The van der Waals surface area contributed by atoms with E-state index < -0.39 is 11.7 Å². The molecule has 0 saturated heterocycles. The Bertz CT molecular complexity index is 767. The van der Waals surface area contributed by atoms with Gasteiger partial charge in [0.25, 0.3) is 5.91 Å². The predicted octanol–water partition coefficient (Wildman–Crippen LogP) is 2.45. The number of amides is 1. The number of carbonyl (C=O) groups is 1. The molecule has 2 rings (SSSR count). The third-order valence-electron chi connectivity index (χ3n) is 3.01. The zero-order chi connectivity index (χ0) is 16.7. The lowest BCUT2D eigenvalue weighted by molar-refractivity contribution is -0.117. The highest BCUT2D eigenvalue weighted by molar-refractivity contribution is 6.01.